The number of hydrogen-bond acceptors (Lipinski definition) is 3. The predicted molar refractivity (Wildman–Crippen MR) is 227 cm³/mol. The van der Waals surface area contributed by atoms with E-state index in [1.165, 1.54) is 53.0 Å². The van der Waals surface area contributed by atoms with Gasteiger partial charge in [0.2, 0.25) is 0 Å². The molecule has 0 aliphatic heterocycles. The summed E-state index contributed by atoms with van der Waals surface area (Å²) in [6.45, 7) is 0. The molecule has 0 spiro atoms. The third-order valence-corrected chi connectivity index (χ3v) is 11.8. The van der Waals surface area contributed by atoms with Crippen LogP contribution in [-0.4, -0.2) is 0 Å². The highest BCUT2D eigenvalue weighted by molar-refractivity contribution is 7.25. The number of benzene rings is 9. The van der Waals surface area contributed by atoms with Crippen LogP contribution in [0, 0.1) is 0 Å². The van der Waals surface area contributed by atoms with Crippen molar-refractivity contribution in [2.24, 2.45) is 0 Å². The van der Waals surface area contributed by atoms with Gasteiger partial charge in [-0.15, -0.1) is 11.3 Å². The number of hydrogen-bond donors (Lipinski definition) is 0. The van der Waals surface area contributed by atoms with Crippen molar-refractivity contribution in [2.45, 2.75) is 0 Å². The van der Waals surface area contributed by atoms with Crippen molar-refractivity contribution in [3.63, 3.8) is 0 Å². The van der Waals surface area contributed by atoms with E-state index in [4.69, 9.17) is 4.42 Å². The molecule has 0 amide bonds. The van der Waals surface area contributed by atoms with Crippen LogP contribution < -0.4 is 4.90 Å². The van der Waals surface area contributed by atoms with Gasteiger partial charge in [0, 0.05) is 53.4 Å². The Hall–Kier alpha value is -6.68. The maximum absolute atomic E-state index is 6.52. The van der Waals surface area contributed by atoms with Gasteiger partial charge in [0.25, 0.3) is 0 Å². The van der Waals surface area contributed by atoms with Gasteiger partial charge in [-0.05, 0) is 99.1 Å². The first-order chi connectivity index (χ1) is 26.3. The Morgan fingerprint density at radius 3 is 1.75 bits per heavy atom. The Balaban J connectivity index is 1.05. The quantitative estimate of drug-likeness (QED) is 0.178. The molecule has 11 aromatic rings. The lowest BCUT2D eigenvalue weighted by molar-refractivity contribution is 0.673. The van der Waals surface area contributed by atoms with Crippen LogP contribution in [0.4, 0.5) is 17.1 Å². The Morgan fingerprint density at radius 2 is 0.962 bits per heavy atom. The van der Waals surface area contributed by atoms with Crippen molar-refractivity contribution in [2.75, 3.05) is 4.90 Å². The molecule has 0 saturated heterocycles. The van der Waals surface area contributed by atoms with Crippen molar-refractivity contribution in [3.05, 3.63) is 188 Å². The second kappa shape index (κ2) is 11.9. The number of rotatable bonds is 5. The lowest BCUT2D eigenvalue weighted by Gasteiger charge is -2.26. The standard InChI is InChI=1S/C50H31NOS/c1-3-12-39-32(9-1)11-7-15-40(39)34-19-24-36(25-20-34)51(38-28-30-48-45(31-38)43-14-5-6-18-47(43)53-48)37-26-21-35(22-27-37)41-16-8-17-46-49(41)44-29-23-33-10-2-4-13-42(33)50(44)52-46/h1-31H. The summed E-state index contributed by atoms with van der Waals surface area (Å²) in [5.41, 5.74) is 9.94. The van der Waals surface area contributed by atoms with Gasteiger partial charge in [-0.3, -0.25) is 0 Å². The summed E-state index contributed by atoms with van der Waals surface area (Å²) < 4.78 is 9.13. The van der Waals surface area contributed by atoms with Crippen LogP contribution in [0.3, 0.4) is 0 Å². The lowest BCUT2D eigenvalue weighted by Crippen LogP contribution is -2.09. The number of furan rings is 1. The van der Waals surface area contributed by atoms with E-state index in [9.17, 15) is 0 Å². The molecule has 0 saturated carbocycles. The number of thiophene rings is 1. The lowest BCUT2D eigenvalue weighted by atomic mass is 9.97. The molecule has 53 heavy (non-hydrogen) atoms. The molecule has 2 nitrogen and oxygen atoms in total. The highest BCUT2D eigenvalue weighted by Crippen LogP contribution is 2.43. The van der Waals surface area contributed by atoms with E-state index >= 15 is 0 Å². The van der Waals surface area contributed by atoms with E-state index in [-0.39, 0.29) is 0 Å². The Morgan fingerprint density at radius 1 is 0.377 bits per heavy atom. The van der Waals surface area contributed by atoms with Gasteiger partial charge in [0.05, 0.1) is 0 Å². The highest BCUT2D eigenvalue weighted by Gasteiger charge is 2.18. The van der Waals surface area contributed by atoms with Crippen LogP contribution in [0.2, 0.25) is 0 Å². The first-order valence-electron chi connectivity index (χ1n) is 18.0. The second-order valence-electron chi connectivity index (χ2n) is 13.7. The molecule has 9 aromatic carbocycles. The fourth-order valence-corrected chi connectivity index (χ4v) is 9.24. The average molecular weight is 694 g/mol. The third-order valence-electron chi connectivity index (χ3n) is 10.7. The predicted octanol–water partition coefficient (Wildman–Crippen LogP) is 15.1. The smallest absolute Gasteiger partial charge is 0.143 e. The summed E-state index contributed by atoms with van der Waals surface area (Å²) in [6, 6.07) is 68.0. The summed E-state index contributed by atoms with van der Waals surface area (Å²) in [4.78, 5) is 2.38. The molecule has 0 aliphatic rings. The molecule has 0 bridgehead atoms. The van der Waals surface area contributed by atoms with E-state index in [0.717, 1.165) is 50.0 Å². The normalized spacial score (nSPS) is 11.8. The van der Waals surface area contributed by atoms with E-state index < -0.39 is 0 Å². The third kappa shape index (κ3) is 4.86. The molecule has 248 valence electrons. The molecule has 0 radical (unpaired) electrons. The van der Waals surface area contributed by atoms with Crippen LogP contribution in [0.1, 0.15) is 0 Å². The summed E-state index contributed by atoms with van der Waals surface area (Å²) in [5, 5.41) is 9.70. The molecule has 0 N–H and O–H groups in total. The van der Waals surface area contributed by atoms with Crippen molar-refractivity contribution in [1.29, 1.82) is 0 Å². The minimum atomic E-state index is 0.905. The van der Waals surface area contributed by atoms with Crippen LogP contribution in [0.15, 0.2) is 192 Å². The van der Waals surface area contributed by atoms with Crippen LogP contribution in [0.25, 0.3) is 85.9 Å². The molecule has 0 fully saturated rings. The number of anilines is 3. The van der Waals surface area contributed by atoms with Gasteiger partial charge in [-0.25, -0.2) is 0 Å². The van der Waals surface area contributed by atoms with E-state index in [1.807, 2.05) is 11.3 Å². The molecular formula is C50H31NOS. The minimum Gasteiger partial charge on any atom is -0.455 e. The van der Waals surface area contributed by atoms with Crippen molar-refractivity contribution in [3.8, 4) is 22.3 Å². The molecule has 0 atom stereocenters. The van der Waals surface area contributed by atoms with E-state index in [1.54, 1.807) is 0 Å². The van der Waals surface area contributed by atoms with E-state index in [2.05, 4.69) is 193 Å². The largest absolute Gasteiger partial charge is 0.455 e. The van der Waals surface area contributed by atoms with Gasteiger partial charge in [-0.2, -0.15) is 0 Å². The molecule has 3 heteroatoms. The van der Waals surface area contributed by atoms with Crippen molar-refractivity contribution < 1.29 is 4.42 Å². The van der Waals surface area contributed by atoms with Gasteiger partial charge in [0.15, 0.2) is 0 Å². The molecule has 0 unspecified atom stereocenters. The molecule has 11 rings (SSSR count). The van der Waals surface area contributed by atoms with Gasteiger partial charge >= 0.3 is 0 Å². The maximum Gasteiger partial charge on any atom is 0.143 e. The number of nitrogens with zero attached hydrogens (tertiary/aromatic N) is 1. The maximum atomic E-state index is 6.52. The minimum absolute atomic E-state index is 0.905. The van der Waals surface area contributed by atoms with Crippen LogP contribution >= 0.6 is 11.3 Å². The van der Waals surface area contributed by atoms with Crippen LogP contribution in [0.5, 0.6) is 0 Å². The first kappa shape index (κ1) is 30.0. The van der Waals surface area contributed by atoms with Gasteiger partial charge in [-0.1, -0.05) is 127 Å². The zero-order valence-electron chi connectivity index (χ0n) is 28.7. The van der Waals surface area contributed by atoms with E-state index in [0.29, 0.717) is 0 Å². The van der Waals surface area contributed by atoms with Gasteiger partial charge in [0.1, 0.15) is 11.2 Å². The second-order valence-corrected chi connectivity index (χ2v) is 14.8. The Bertz CT molecular complexity index is 3160. The summed E-state index contributed by atoms with van der Waals surface area (Å²) in [6.07, 6.45) is 0. The fraction of sp³-hybridized carbons (Fsp3) is 0. The zero-order chi connectivity index (χ0) is 34.9. The van der Waals surface area contributed by atoms with Crippen molar-refractivity contribution >= 4 is 92.1 Å². The fourth-order valence-electron chi connectivity index (χ4n) is 8.15. The highest BCUT2D eigenvalue weighted by atomic mass is 32.1. The zero-order valence-corrected chi connectivity index (χ0v) is 29.5. The molecule has 0 aliphatic carbocycles. The monoisotopic (exact) mass is 693 g/mol. The molecular weight excluding hydrogens is 663 g/mol. The SMILES string of the molecule is c1ccc2c(-c3ccc(N(c4ccc(-c5cccc6oc7c8ccccc8ccc7c56)cc4)c4ccc5sc6ccccc6c5c4)cc3)cccc2c1. The molecule has 2 aromatic heterocycles. The van der Waals surface area contributed by atoms with Crippen LogP contribution in [-0.2, 0) is 0 Å². The number of fused-ring (bicyclic) bond motifs is 9. The summed E-state index contributed by atoms with van der Waals surface area (Å²) in [7, 11) is 0. The van der Waals surface area contributed by atoms with Crippen molar-refractivity contribution in [1.82, 2.24) is 0 Å². The average Bonchev–Trinajstić information content (AvgIpc) is 3.80. The van der Waals surface area contributed by atoms with Gasteiger partial charge < -0.3 is 9.32 Å². The summed E-state index contributed by atoms with van der Waals surface area (Å²) >= 11 is 1.85. The first-order valence-corrected chi connectivity index (χ1v) is 18.8. The Kier molecular flexibility index (Phi) is 6.76. The summed E-state index contributed by atoms with van der Waals surface area (Å²) in [5.74, 6) is 0. The topological polar surface area (TPSA) is 16.4 Å². The molecule has 2 heterocycles. The Labute approximate surface area is 310 Å².